The summed E-state index contributed by atoms with van der Waals surface area (Å²) >= 11 is 0. The molecular formula is C22H21N5O2. The number of benzene rings is 2. The van der Waals surface area contributed by atoms with Gasteiger partial charge < -0.3 is 5.32 Å². The van der Waals surface area contributed by atoms with Crippen LogP contribution in [0.2, 0.25) is 0 Å². The first-order valence-corrected chi connectivity index (χ1v) is 9.05. The highest BCUT2D eigenvalue weighted by Gasteiger charge is 2.39. The Morgan fingerprint density at radius 2 is 1.97 bits per heavy atom. The minimum Gasteiger partial charge on any atom is -0.325 e. The number of para-hydroxylation sites is 1. The first-order valence-electron chi connectivity index (χ1n) is 9.05. The van der Waals surface area contributed by atoms with E-state index in [1.807, 2.05) is 24.3 Å². The molecule has 2 aromatic carbocycles. The van der Waals surface area contributed by atoms with E-state index < -0.39 is 11.8 Å². The van der Waals surface area contributed by atoms with E-state index >= 15 is 0 Å². The summed E-state index contributed by atoms with van der Waals surface area (Å²) in [5, 5.41) is 8.34. The number of anilines is 2. The van der Waals surface area contributed by atoms with Crippen LogP contribution in [0.15, 0.2) is 75.9 Å². The number of rotatable bonds is 6. The van der Waals surface area contributed by atoms with Crippen LogP contribution in [0.1, 0.15) is 19.4 Å². The average Bonchev–Trinajstić information content (AvgIpc) is 3.03. The molecule has 0 saturated carbocycles. The van der Waals surface area contributed by atoms with Crippen LogP contribution < -0.4 is 10.3 Å². The zero-order valence-electron chi connectivity index (χ0n) is 16.2. The van der Waals surface area contributed by atoms with E-state index in [1.165, 1.54) is 11.2 Å². The van der Waals surface area contributed by atoms with Crippen molar-refractivity contribution >= 4 is 47.5 Å². The van der Waals surface area contributed by atoms with Gasteiger partial charge in [-0.15, -0.1) is 0 Å². The fourth-order valence-electron chi connectivity index (χ4n) is 3.00. The van der Waals surface area contributed by atoms with Crippen molar-refractivity contribution in [1.82, 2.24) is 0 Å². The summed E-state index contributed by atoms with van der Waals surface area (Å²) in [4.78, 5) is 33.7. The van der Waals surface area contributed by atoms with Gasteiger partial charge in [-0.05, 0) is 44.8 Å². The minimum absolute atomic E-state index is 0.380. The number of carbonyl (C=O) groups excluding carboxylic acids is 2. The topological polar surface area (TPSA) is 86.5 Å². The van der Waals surface area contributed by atoms with E-state index in [9.17, 15) is 9.59 Å². The highest BCUT2D eigenvalue weighted by atomic mass is 16.2. The number of aliphatic imine (C=N–C) groups is 2. The Morgan fingerprint density at radius 1 is 1.21 bits per heavy atom. The molecule has 0 aliphatic carbocycles. The largest absolute Gasteiger partial charge is 0.325 e. The maximum atomic E-state index is 12.8. The lowest BCUT2D eigenvalue weighted by Gasteiger charge is -2.14. The van der Waals surface area contributed by atoms with Crippen LogP contribution in [0, 0.1) is 5.92 Å². The molecule has 146 valence electrons. The van der Waals surface area contributed by atoms with Gasteiger partial charge in [-0.2, -0.15) is 10.1 Å². The molecular weight excluding hydrogens is 366 g/mol. The molecule has 1 aliphatic rings. The molecule has 0 bridgehead atoms. The minimum atomic E-state index is -0.975. The van der Waals surface area contributed by atoms with Crippen LogP contribution >= 0.6 is 0 Å². The standard InChI is InChI=1S/C22H21N5O2/c1-4-24-19(14-23-3)16-9-8-10-17(13-16)25-21(28)20-15(2)26-27(22(20)29)18-11-6-5-7-12-18/h4-14,20H,3H2,1-2H3,(H,25,28)/b19-14-,24-4-. The monoisotopic (exact) mass is 387 g/mol. The number of amides is 2. The molecule has 1 unspecified atom stereocenters. The van der Waals surface area contributed by atoms with Gasteiger partial charge in [-0.3, -0.25) is 19.6 Å². The van der Waals surface area contributed by atoms with Gasteiger partial charge in [0.25, 0.3) is 5.91 Å². The van der Waals surface area contributed by atoms with Gasteiger partial charge in [-0.25, -0.2) is 0 Å². The lowest BCUT2D eigenvalue weighted by atomic mass is 10.0. The molecule has 1 heterocycles. The zero-order chi connectivity index (χ0) is 20.8. The molecule has 0 aromatic heterocycles. The van der Waals surface area contributed by atoms with Crippen LogP contribution in [0.4, 0.5) is 11.4 Å². The Kier molecular flexibility index (Phi) is 6.09. The van der Waals surface area contributed by atoms with Gasteiger partial charge in [0.05, 0.1) is 23.3 Å². The van der Waals surface area contributed by atoms with Crippen LogP contribution in [0.3, 0.4) is 0 Å². The molecule has 1 atom stereocenters. The van der Waals surface area contributed by atoms with Gasteiger partial charge in [0.2, 0.25) is 5.91 Å². The maximum absolute atomic E-state index is 12.8. The Labute approximate surface area is 169 Å². The lowest BCUT2D eigenvalue weighted by Crippen LogP contribution is -2.36. The number of nitrogens with one attached hydrogen (secondary N) is 1. The fraction of sp³-hybridized carbons (Fsp3) is 0.136. The van der Waals surface area contributed by atoms with Crippen molar-refractivity contribution in [1.29, 1.82) is 0 Å². The van der Waals surface area contributed by atoms with E-state index in [0.717, 1.165) is 5.56 Å². The quantitative estimate of drug-likeness (QED) is 0.604. The molecule has 3 rings (SSSR count). The molecule has 0 radical (unpaired) electrons. The van der Waals surface area contributed by atoms with Crippen LogP contribution in [0.5, 0.6) is 0 Å². The van der Waals surface area contributed by atoms with Gasteiger partial charge in [0.1, 0.15) is 0 Å². The molecule has 7 heteroatoms. The molecule has 0 saturated heterocycles. The van der Waals surface area contributed by atoms with Crippen LogP contribution in [0.25, 0.3) is 5.70 Å². The fourth-order valence-corrected chi connectivity index (χ4v) is 3.00. The van der Waals surface area contributed by atoms with Gasteiger partial charge in [0.15, 0.2) is 5.92 Å². The number of hydrogen-bond donors (Lipinski definition) is 1. The normalized spacial score (nSPS) is 16.8. The second kappa shape index (κ2) is 8.88. The van der Waals surface area contributed by atoms with Gasteiger partial charge >= 0.3 is 0 Å². The predicted octanol–water partition coefficient (Wildman–Crippen LogP) is 3.75. The molecule has 1 aliphatic heterocycles. The van der Waals surface area contributed by atoms with E-state index in [0.29, 0.717) is 22.8 Å². The summed E-state index contributed by atoms with van der Waals surface area (Å²) in [5.74, 6) is -1.79. The highest BCUT2D eigenvalue weighted by molar-refractivity contribution is 6.28. The summed E-state index contributed by atoms with van der Waals surface area (Å²) < 4.78 is 0. The SMILES string of the molecule is C=N/C=C(\N=C/C)c1cccc(NC(=O)C2C(=O)N(c3ccccc3)N=C2C)c1. The average molecular weight is 387 g/mol. The van der Waals surface area contributed by atoms with Crippen molar-refractivity contribution in [3.63, 3.8) is 0 Å². The van der Waals surface area contributed by atoms with Crippen molar-refractivity contribution in [3.05, 3.63) is 66.4 Å². The second-order valence-electron chi connectivity index (χ2n) is 6.31. The molecule has 2 amide bonds. The van der Waals surface area contributed by atoms with E-state index in [2.05, 4.69) is 27.1 Å². The molecule has 0 spiro atoms. The first-order chi connectivity index (χ1) is 14.0. The first kappa shape index (κ1) is 19.9. The Morgan fingerprint density at radius 3 is 2.66 bits per heavy atom. The summed E-state index contributed by atoms with van der Waals surface area (Å²) in [6.45, 7) is 6.93. The third-order valence-corrected chi connectivity index (χ3v) is 4.30. The van der Waals surface area contributed by atoms with Gasteiger partial charge in [0, 0.05) is 17.5 Å². The summed E-state index contributed by atoms with van der Waals surface area (Å²) in [6.07, 6.45) is 3.19. The number of nitrogens with zero attached hydrogens (tertiary/aromatic N) is 4. The number of carbonyl (C=O) groups is 2. The van der Waals surface area contributed by atoms with Crippen molar-refractivity contribution in [2.75, 3.05) is 10.3 Å². The molecule has 0 fully saturated rings. The summed E-state index contributed by atoms with van der Waals surface area (Å²) in [5.41, 5.74) is 3.00. The Balaban J connectivity index is 1.80. The van der Waals surface area contributed by atoms with E-state index in [4.69, 9.17) is 0 Å². The predicted molar refractivity (Wildman–Crippen MR) is 117 cm³/mol. The Hall–Kier alpha value is -3.87. The summed E-state index contributed by atoms with van der Waals surface area (Å²) in [7, 11) is 0. The van der Waals surface area contributed by atoms with Gasteiger partial charge in [-0.1, -0.05) is 30.3 Å². The van der Waals surface area contributed by atoms with Crippen molar-refractivity contribution in [2.24, 2.45) is 21.0 Å². The lowest BCUT2D eigenvalue weighted by molar-refractivity contribution is -0.127. The van der Waals surface area contributed by atoms with E-state index in [1.54, 1.807) is 50.4 Å². The number of hydrazone groups is 1. The number of hydrogen-bond acceptors (Lipinski definition) is 5. The molecule has 1 N–H and O–H groups in total. The van der Waals surface area contributed by atoms with E-state index in [-0.39, 0.29) is 5.91 Å². The summed E-state index contributed by atoms with van der Waals surface area (Å²) in [6, 6.07) is 16.2. The van der Waals surface area contributed by atoms with Crippen molar-refractivity contribution in [3.8, 4) is 0 Å². The molecule has 2 aromatic rings. The third-order valence-electron chi connectivity index (χ3n) is 4.30. The van der Waals surface area contributed by atoms with Crippen LogP contribution in [-0.2, 0) is 9.59 Å². The Bertz CT molecular complexity index is 1020. The van der Waals surface area contributed by atoms with Crippen LogP contribution in [-0.4, -0.2) is 30.5 Å². The molecule has 29 heavy (non-hydrogen) atoms. The van der Waals surface area contributed by atoms with Crippen molar-refractivity contribution in [2.45, 2.75) is 13.8 Å². The third kappa shape index (κ3) is 4.35. The smallest absolute Gasteiger partial charge is 0.265 e. The second-order valence-corrected chi connectivity index (χ2v) is 6.31. The maximum Gasteiger partial charge on any atom is 0.265 e. The molecule has 7 nitrogen and oxygen atoms in total. The van der Waals surface area contributed by atoms with Crippen molar-refractivity contribution < 1.29 is 9.59 Å². The zero-order valence-corrected chi connectivity index (χ0v) is 16.2. The highest BCUT2D eigenvalue weighted by Crippen LogP contribution is 2.25.